The van der Waals surface area contributed by atoms with Crippen LogP contribution in [-0.4, -0.2) is 43.0 Å². The van der Waals surface area contributed by atoms with Gasteiger partial charge in [0.2, 0.25) is 5.91 Å². The second-order valence-corrected chi connectivity index (χ2v) is 5.45. The normalized spacial score (nSPS) is 27.4. The van der Waals surface area contributed by atoms with Gasteiger partial charge in [0.05, 0.1) is 0 Å². The van der Waals surface area contributed by atoms with Crippen LogP contribution < -0.4 is 11.1 Å². The molecule has 1 amide bonds. The number of nitrogens with two attached hydrogens (primary N) is 1. The summed E-state index contributed by atoms with van der Waals surface area (Å²) in [6.07, 6.45) is 7.18. The first-order chi connectivity index (χ1) is 8.25. The van der Waals surface area contributed by atoms with Crippen molar-refractivity contribution in [2.75, 3.05) is 26.2 Å². The first-order valence-electron chi connectivity index (χ1n) is 7.01. The SMILES string of the molecule is NC(=O)C1CCN(CCCC2CCCN2)CC1. The van der Waals surface area contributed by atoms with E-state index < -0.39 is 0 Å². The average Bonchev–Trinajstić information content (AvgIpc) is 2.83. The molecule has 1 unspecified atom stereocenters. The van der Waals surface area contributed by atoms with Gasteiger partial charge < -0.3 is 16.0 Å². The zero-order valence-electron chi connectivity index (χ0n) is 10.7. The number of amides is 1. The maximum atomic E-state index is 11.0. The van der Waals surface area contributed by atoms with Crippen LogP contribution in [0.1, 0.15) is 38.5 Å². The fourth-order valence-electron chi connectivity index (χ4n) is 3.01. The molecular formula is C13H25N3O. The third kappa shape index (κ3) is 3.96. The van der Waals surface area contributed by atoms with Gasteiger partial charge in [0.1, 0.15) is 0 Å². The number of carbonyl (C=O) groups is 1. The van der Waals surface area contributed by atoms with Crippen LogP contribution in [-0.2, 0) is 4.79 Å². The number of carbonyl (C=O) groups excluding carboxylic acids is 1. The highest BCUT2D eigenvalue weighted by Crippen LogP contribution is 2.17. The van der Waals surface area contributed by atoms with Crippen molar-refractivity contribution >= 4 is 5.91 Å². The Morgan fingerprint density at radius 2 is 2.06 bits per heavy atom. The van der Waals surface area contributed by atoms with Crippen LogP contribution in [0.3, 0.4) is 0 Å². The number of nitrogens with one attached hydrogen (secondary N) is 1. The standard InChI is InChI=1S/C13H25N3O/c14-13(17)11-5-9-16(10-6-11)8-2-4-12-3-1-7-15-12/h11-12,15H,1-10H2,(H2,14,17). The van der Waals surface area contributed by atoms with E-state index in [9.17, 15) is 4.79 Å². The molecule has 3 N–H and O–H groups in total. The number of piperidine rings is 1. The van der Waals surface area contributed by atoms with Crippen LogP contribution in [0.15, 0.2) is 0 Å². The summed E-state index contributed by atoms with van der Waals surface area (Å²) in [7, 11) is 0. The molecule has 0 aliphatic carbocycles. The first-order valence-corrected chi connectivity index (χ1v) is 7.01. The average molecular weight is 239 g/mol. The lowest BCUT2D eigenvalue weighted by atomic mass is 9.96. The number of hydrogen-bond acceptors (Lipinski definition) is 3. The molecule has 0 spiro atoms. The summed E-state index contributed by atoms with van der Waals surface area (Å²) in [5.74, 6) is 0.0163. The Balaban J connectivity index is 1.56. The number of likely N-dealkylation sites (tertiary alicyclic amines) is 1. The minimum Gasteiger partial charge on any atom is -0.369 e. The molecule has 0 radical (unpaired) electrons. The van der Waals surface area contributed by atoms with Crippen molar-refractivity contribution in [2.24, 2.45) is 11.7 Å². The Kier molecular flexibility index (Phi) is 4.80. The molecule has 0 aromatic carbocycles. The number of primary amides is 1. The van der Waals surface area contributed by atoms with Crippen molar-refractivity contribution in [3.63, 3.8) is 0 Å². The molecular weight excluding hydrogens is 214 g/mol. The summed E-state index contributed by atoms with van der Waals surface area (Å²) in [5, 5.41) is 3.54. The van der Waals surface area contributed by atoms with Crippen molar-refractivity contribution in [1.29, 1.82) is 0 Å². The summed E-state index contributed by atoms with van der Waals surface area (Å²) >= 11 is 0. The van der Waals surface area contributed by atoms with Crippen molar-refractivity contribution in [1.82, 2.24) is 10.2 Å². The molecule has 0 bridgehead atoms. The van der Waals surface area contributed by atoms with Crippen molar-refractivity contribution in [3.8, 4) is 0 Å². The van der Waals surface area contributed by atoms with Crippen LogP contribution >= 0.6 is 0 Å². The molecule has 2 aliphatic heterocycles. The molecule has 98 valence electrons. The molecule has 0 aromatic rings. The van der Waals surface area contributed by atoms with Gasteiger partial charge in [0.25, 0.3) is 0 Å². The van der Waals surface area contributed by atoms with E-state index in [2.05, 4.69) is 10.2 Å². The summed E-state index contributed by atoms with van der Waals surface area (Å²) in [4.78, 5) is 13.5. The summed E-state index contributed by atoms with van der Waals surface area (Å²) in [5.41, 5.74) is 5.33. The lowest BCUT2D eigenvalue weighted by Crippen LogP contribution is -2.39. The highest BCUT2D eigenvalue weighted by atomic mass is 16.1. The molecule has 1 atom stereocenters. The highest BCUT2D eigenvalue weighted by Gasteiger charge is 2.23. The predicted octanol–water partition coefficient (Wildman–Crippen LogP) is 0.716. The Morgan fingerprint density at radius 3 is 2.65 bits per heavy atom. The van der Waals surface area contributed by atoms with E-state index in [4.69, 9.17) is 5.73 Å². The maximum absolute atomic E-state index is 11.0. The topological polar surface area (TPSA) is 58.4 Å². The molecule has 17 heavy (non-hydrogen) atoms. The minimum atomic E-state index is -0.111. The Morgan fingerprint density at radius 1 is 1.29 bits per heavy atom. The van der Waals surface area contributed by atoms with Gasteiger partial charge in [-0.05, 0) is 64.7 Å². The molecule has 4 nitrogen and oxygen atoms in total. The second kappa shape index (κ2) is 6.36. The number of nitrogens with zero attached hydrogens (tertiary/aromatic N) is 1. The molecule has 2 aliphatic rings. The Hall–Kier alpha value is -0.610. The van der Waals surface area contributed by atoms with E-state index in [1.807, 2.05) is 0 Å². The molecule has 0 aromatic heterocycles. The number of hydrogen-bond donors (Lipinski definition) is 2. The zero-order chi connectivity index (χ0) is 12.1. The summed E-state index contributed by atoms with van der Waals surface area (Å²) < 4.78 is 0. The Bertz CT molecular complexity index is 243. The van der Waals surface area contributed by atoms with Crippen LogP contribution in [0.4, 0.5) is 0 Å². The second-order valence-electron chi connectivity index (χ2n) is 5.45. The van der Waals surface area contributed by atoms with Gasteiger partial charge in [-0.3, -0.25) is 4.79 Å². The van der Waals surface area contributed by atoms with Gasteiger partial charge in [-0.2, -0.15) is 0 Å². The van der Waals surface area contributed by atoms with Crippen LogP contribution in [0.5, 0.6) is 0 Å². The van der Waals surface area contributed by atoms with Gasteiger partial charge in [0.15, 0.2) is 0 Å². The lowest BCUT2D eigenvalue weighted by molar-refractivity contribution is -0.123. The largest absolute Gasteiger partial charge is 0.369 e. The van der Waals surface area contributed by atoms with E-state index in [1.54, 1.807) is 0 Å². The van der Waals surface area contributed by atoms with E-state index >= 15 is 0 Å². The molecule has 4 heteroatoms. The van der Waals surface area contributed by atoms with Crippen molar-refractivity contribution in [2.45, 2.75) is 44.6 Å². The molecule has 0 saturated carbocycles. The third-order valence-electron chi connectivity index (χ3n) is 4.18. The Labute approximate surface area is 104 Å². The van der Waals surface area contributed by atoms with Crippen LogP contribution in [0, 0.1) is 5.92 Å². The van der Waals surface area contributed by atoms with E-state index in [-0.39, 0.29) is 11.8 Å². The quantitative estimate of drug-likeness (QED) is 0.743. The van der Waals surface area contributed by atoms with E-state index in [1.165, 1.54) is 38.8 Å². The van der Waals surface area contributed by atoms with Crippen LogP contribution in [0.25, 0.3) is 0 Å². The number of rotatable bonds is 5. The molecule has 2 fully saturated rings. The summed E-state index contributed by atoms with van der Waals surface area (Å²) in [6, 6.07) is 0.762. The van der Waals surface area contributed by atoms with Gasteiger partial charge in [-0.1, -0.05) is 0 Å². The van der Waals surface area contributed by atoms with E-state index in [0.717, 1.165) is 32.0 Å². The summed E-state index contributed by atoms with van der Waals surface area (Å²) in [6.45, 7) is 4.48. The molecule has 2 heterocycles. The van der Waals surface area contributed by atoms with Crippen molar-refractivity contribution < 1.29 is 4.79 Å². The van der Waals surface area contributed by atoms with E-state index in [0.29, 0.717) is 0 Å². The van der Waals surface area contributed by atoms with Crippen molar-refractivity contribution in [3.05, 3.63) is 0 Å². The van der Waals surface area contributed by atoms with Gasteiger partial charge in [0, 0.05) is 12.0 Å². The predicted molar refractivity (Wildman–Crippen MR) is 68.6 cm³/mol. The van der Waals surface area contributed by atoms with Gasteiger partial charge in [-0.25, -0.2) is 0 Å². The lowest BCUT2D eigenvalue weighted by Gasteiger charge is -2.30. The molecule has 2 saturated heterocycles. The smallest absolute Gasteiger partial charge is 0.220 e. The van der Waals surface area contributed by atoms with Gasteiger partial charge in [-0.15, -0.1) is 0 Å². The zero-order valence-corrected chi connectivity index (χ0v) is 10.7. The van der Waals surface area contributed by atoms with Gasteiger partial charge >= 0.3 is 0 Å². The van der Waals surface area contributed by atoms with Crippen LogP contribution in [0.2, 0.25) is 0 Å². The third-order valence-corrected chi connectivity index (χ3v) is 4.18. The fourth-order valence-corrected chi connectivity index (χ4v) is 3.01. The first kappa shape index (κ1) is 12.8. The highest BCUT2D eigenvalue weighted by molar-refractivity contribution is 5.76. The minimum absolute atomic E-state index is 0.111. The molecule has 2 rings (SSSR count). The maximum Gasteiger partial charge on any atom is 0.220 e. The monoisotopic (exact) mass is 239 g/mol. The fraction of sp³-hybridized carbons (Fsp3) is 0.923.